The van der Waals surface area contributed by atoms with Crippen molar-refractivity contribution in [3.63, 3.8) is 0 Å². The summed E-state index contributed by atoms with van der Waals surface area (Å²) in [5.41, 5.74) is 7.77. The van der Waals surface area contributed by atoms with Crippen LogP contribution in [0.5, 0.6) is 0 Å². The normalized spacial score (nSPS) is 18.7. The second-order valence-electron chi connectivity index (χ2n) is 9.53. The minimum absolute atomic E-state index is 0.217. The molecular weight excluding hydrogens is 369 g/mol. The van der Waals surface area contributed by atoms with Gasteiger partial charge in [-0.05, 0) is 85.0 Å². The number of hydrogen-bond acceptors (Lipinski definition) is 6. The zero-order valence-electron chi connectivity index (χ0n) is 19.1. The Labute approximate surface area is 174 Å². The molecule has 3 N–H and O–H groups in total. The average Bonchev–Trinajstić information content (AvgIpc) is 2.71. The quantitative estimate of drug-likeness (QED) is 0.742. The fourth-order valence-electron chi connectivity index (χ4n) is 2.96. The highest BCUT2D eigenvalue weighted by atomic mass is 16.7. The third kappa shape index (κ3) is 5.73. The first-order chi connectivity index (χ1) is 13.1. The zero-order chi connectivity index (χ0) is 22.2. The van der Waals surface area contributed by atoms with Crippen molar-refractivity contribution in [3.8, 4) is 0 Å². The minimum Gasteiger partial charge on any atom is -0.444 e. The summed E-state index contributed by atoms with van der Waals surface area (Å²) in [5.74, 6) is 0.473. The predicted molar refractivity (Wildman–Crippen MR) is 116 cm³/mol. The number of rotatable bonds is 4. The van der Waals surface area contributed by atoms with Gasteiger partial charge in [0.05, 0.1) is 11.2 Å². The number of ether oxygens (including phenoxy) is 1. The van der Waals surface area contributed by atoms with Gasteiger partial charge in [-0.3, -0.25) is 0 Å². The van der Waals surface area contributed by atoms with E-state index in [-0.39, 0.29) is 6.54 Å². The number of aromatic nitrogens is 1. The van der Waals surface area contributed by atoms with Gasteiger partial charge in [-0.25, -0.2) is 9.78 Å². The van der Waals surface area contributed by atoms with Gasteiger partial charge in [0.1, 0.15) is 11.4 Å². The highest BCUT2D eigenvalue weighted by Crippen LogP contribution is 2.39. The van der Waals surface area contributed by atoms with Crippen molar-refractivity contribution in [3.05, 3.63) is 28.4 Å². The van der Waals surface area contributed by atoms with Gasteiger partial charge < -0.3 is 25.1 Å². The molecule has 29 heavy (non-hydrogen) atoms. The lowest BCUT2D eigenvalue weighted by Gasteiger charge is -2.32. The molecule has 0 bridgehead atoms. The van der Waals surface area contributed by atoms with E-state index in [1.165, 1.54) is 0 Å². The molecule has 2 rings (SSSR count). The van der Waals surface area contributed by atoms with Crippen molar-refractivity contribution in [1.82, 2.24) is 10.3 Å². The number of hydrogen-bond donors (Lipinski definition) is 2. The summed E-state index contributed by atoms with van der Waals surface area (Å²) in [4.78, 5) is 16.5. The third-order valence-corrected chi connectivity index (χ3v) is 5.20. The van der Waals surface area contributed by atoms with Gasteiger partial charge in [0, 0.05) is 12.2 Å². The summed E-state index contributed by atoms with van der Waals surface area (Å²) >= 11 is 0. The standard InChI is InChI=1S/C21H34BN3O4/c1-13-10-17(23)25-14(2)16(13)11-15(12-24-18(26)27-19(3,4)5)22-28-20(6,7)21(8,9)29-22/h10-11H,12H2,1-9H3,(H2,23,25)(H,24,26). The Morgan fingerprint density at radius 1 is 1.24 bits per heavy atom. The van der Waals surface area contributed by atoms with Crippen LogP contribution >= 0.6 is 0 Å². The van der Waals surface area contributed by atoms with Crippen LogP contribution in [0.2, 0.25) is 0 Å². The van der Waals surface area contributed by atoms with Crippen LogP contribution in [0.1, 0.15) is 65.3 Å². The Hall–Kier alpha value is -2.06. The molecule has 1 aromatic heterocycles. The molecular formula is C21H34BN3O4. The molecule has 0 unspecified atom stereocenters. The van der Waals surface area contributed by atoms with E-state index in [1.807, 2.05) is 74.5 Å². The van der Waals surface area contributed by atoms with Gasteiger partial charge in [0.15, 0.2) is 0 Å². The summed E-state index contributed by atoms with van der Waals surface area (Å²) in [6.07, 6.45) is 1.46. The predicted octanol–water partition coefficient (Wildman–Crippen LogP) is 3.82. The molecule has 1 aromatic rings. The molecule has 2 heterocycles. The van der Waals surface area contributed by atoms with Crippen LogP contribution in [0.25, 0.3) is 6.08 Å². The lowest BCUT2D eigenvalue weighted by molar-refractivity contribution is 0.00578. The van der Waals surface area contributed by atoms with E-state index >= 15 is 0 Å². The summed E-state index contributed by atoms with van der Waals surface area (Å²) in [6, 6.07) is 1.82. The van der Waals surface area contributed by atoms with Gasteiger partial charge in [-0.2, -0.15) is 0 Å². The largest absolute Gasteiger partial charge is 0.492 e. The van der Waals surface area contributed by atoms with E-state index in [4.69, 9.17) is 19.8 Å². The average molecular weight is 403 g/mol. The number of alkyl carbamates (subject to hydrolysis) is 1. The molecule has 0 aliphatic carbocycles. The molecule has 0 spiro atoms. The smallest absolute Gasteiger partial charge is 0.444 e. The molecule has 8 heteroatoms. The monoisotopic (exact) mass is 403 g/mol. The topological polar surface area (TPSA) is 95.7 Å². The van der Waals surface area contributed by atoms with Crippen LogP contribution in [0.4, 0.5) is 10.6 Å². The fraction of sp³-hybridized carbons (Fsp3) is 0.619. The van der Waals surface area contributed by atoms with Gasteiger partial charge in [0.25, 0.3) is 0 Å². The van der Waals surface area contributed by atoms with E-state index in [0.717, 1.165) is 22.3 Å². The van der Waals surface area contributed by atoms with Crippen LogP contribution in [0.3, 0.4) is 0 Å². The second-order valence-corrected chi connectivity index (χ2v) is 9.53. The third-order valence-electron chi connectivity index (χ3n) is 5.20. The number of aryl methyl sites for hydroxylation is 2. The molecule has 0 aromatic carbocycles. The molecule has 7 nitrogen and oxygen atoms in total. The first-order valence-corrected chi connectivity index (χ1v) is 9.88. The maximum Gasteiger partial charge on any atom is 0.492 e. The maximum absolute atomic E-state index is 12.2. The lowest BCUT2D eigenvalue weighted by Crippen LogP contribution is -2.41. The molecule has 0 saturated carbocycles. The zero-order valence-corrected chi connectivity index (χ0v) is 19.1. The number of nitrogens with zero attached hydrogens (tertiary/aromatic N) is 1. The van der Waals surface area contributed by atoms with Gasteiger partial charge in [-0.15, -0.1) is 0 Å². The molecule has 1 fully saturated rings. The Balaban J connectivity index is 2.36. The van der Waals surface area contributed by atoms with Gasteiger partial charge in [-0.1, -0.05) is 6.08 Å². The fourth-order valence-corrected chi connectivity index (χ4v) is 2.96. The van der Waals surface area contributed by atoms with Crippen molar-refractivity contribution in [1.29, 1.82) is 0 Å². The molecule has 1 saturated heterocycles. The van der Waals surface area contributed by atoms with Crippen LogP contribution < -0.4 is 11.1 Å². The minimum atomic E-state index is -0.605. The van der Waals surface area contributed by atoms with Crippen LogP contribution in [-0.4, -0.2) is 41.5 Å². The molecule has 1 aliphatic heterocycles. The maximum atomic E-state index is 12.2. The van der Waals surface area contributed by atoms with Crippen molar-refractivity contribution < 1.29 is 18.8 Å². The van der Waals surface area contributed by atoms with Gasteiger partial charge in [0.2, 0.25) is 0 Å². The van der Waals surface area contributed by atoms with E-state index < -0.39 is 30.0 Å². The number of pyridine rings is 1. The first-order valence-electron chi connectivity index (χ1n) is 9.88. The molecule has 160 valence electrons. The van der Waals surface area contributed by atoms with E-state index in [2.05, 4.69) is 10.3 Å². The molecule has 0 atom stereocenters. The SMILES string of the molecule is Cc1cc(N)nc(C)c1C=C(CNC(=O)OC(C)(C)C)B1OC(C)(C)C(C)(C)O1. The second kappa shape index (κ2) is 7.99. The number of anilines is 1. The van der Waals surface area contributed by atoms with Crippen molar-refractivity contribution >= 4 is 25.1 Å². The van der Waals surface area contributed by atoms with E-state index in [1.54, 1.807) is 0 Å². The highest BCUT2D eigenvalue weighted by Gasteiger charge is 2.52. The van der Waals surface area contributed by atoms with Crippen LogP contribution in [0, 0.1) is 13.8 Å². The van der Waals surface area contributed by atoms with Crippen LogP contribution in [-0.2, 0) is 14.0 Å². The van der Waals surface area contributed by atoms with Crippen molar-refractivity contribution in [2.45, 2.75) is 79.1 Å². The summed E-state index contributed by atoms with van der Waals surface area (Å²) in [7, 11) is -0.605. The Morgan fingerprint density at radius 3 is 2.28 bits per heavy atom. The number of nitrogen functional groups attached to an aromatic ring is 1. The first kappa shape index (κ1) is 23.2. The van der Waals surface area contributed by atoms with Gasteiger partial charge >= 0.3 is 13.2 Å². The van der Waals surface area contributed by atoms with Crippen molar-refractivity contribution in [2.75, 3.05) is 12.3 Å². The number of nitrogens with one attached hydrogen (secondary N) is 1. The molecule has 1 amide bonds. The Morgan fingerprint density at radius 2 is 1.79 bits per heavy atom. The summed E-state index contributed by atoms with van der Waals surface area (Å²) in [5, 5.41) is 2.81. The summed E-state index contributed by atoms with van der Waals surface area (Å²) in [6.45, 7) is 17.5. The Bertz CT molecular complexity index is 774. The number of carbonyl (C=O) groups is 1. The van der Waals surface area contributed by atoms with Crippen LogP contribution in [0.15, 0.2) is 11.5 Å². The Kier molecular flexibility index (Phi) is 6.40. The van der Waals surface area contributed by atoms with E-state index in [9.17, 15) is 4.79 Å². The molecule has 0 radical (unpaired) electrons. The molecule has 1 aliphatic rings. The number of carbonyl (C=O) groups excluding carboxylic acids is 1. The highest BCUT2D eigenvalue weighted by molar-refractivity contribution is 6.56. The lowest BCUT2D eigenvalue weighted by atomic mass is 9.76. The number of amides is 1. The van der Waals surface area contributed by atoms with Crippen molar-refractivity contribution in [2.24, 2.45) is 0 Å². The summed E-state index contributed by atoms with van der Waals surface area (Å²) < 4.78 is 17.8. The van der Waals surface area contributed by atoms with E-state index in [0.29, 0.717) is 5.82 Å². The number of nitrogens with two attached hydrogens (primary N) is 1.